The Hall–Kier alpha value is -1.10. The zero-order valence-corrected chi connectivity index (χ0v) is 14.2. The predicted molar refractivity (Wildman–Crippen MR) is 91.1 cm³/mol. The summed E-state index contributed by atoms with van der Waals surface area (Å²) in [7, 11) is 1.70. The Balaban J connectivity index is 2.14. The van der Waals surface area contributed by atoms with E-state index in [9.17, 15) is 0 Å². The number of ether oxygens (including phenoxy) is 2. The van der Waals surface area contributed by atoms with E-state index < -0.39 is 0 Å². The fourth-order valence-corrected chi connectivity index (χ4v) is 2.83. The van der Waals surface area contributed by atoms with E-state index in [0.29, 0.717) is 6.61 Å². The Bertz CT molecular complexity index is 574. The lowest BCUT2D eigenvalue weighted by atomic mass is 10.1. The number of rotatable bonds is 8. The van der Waals surface area contributed by atoms with Gasteiger partial charge >= 0.3 is 0 Å². The molecule has 3 nitrogen and oxygen atoms in total. The summed E-state index contributed by atoms with van der Waals surface area (Å²) in [4.78, 5) is 0. The molecule has 0 radical (unpaired) electrons. The third-order valence-corrected chi connectivity index (χ3v) is 4.09. The minimum Gasteiger partial charge on any atom is -0.485 e. The van der Waals surface area contributed by atoms with Gasteiger partial charge in [0, 0.05) is 13.7 Å². The fraction of sp³-hybridized carbons (Fsp3) is 0.412. The number of methoxy groups -OCH3 is 1. The van der Waals surface area contributed by atoms with Gasteiger partial charge in [-0.3, -0.25) is 0 Å². The quantitative estimate of drug-likeness (QED) is 0.729. The number of halogens is 1. The van der Waals surface area contributed by atoms with E-state index in [1.54, 1.807) is 7.11 Å². The molecular weight excluding hydrogens is 330 g/mol. The van der Waals surface area contributed by atoms with E-state index in [-0.39, 0.29) is 6.10 Å². The van der Waals surface area contributed by atoms with Crippen LogP contribution in [0, 0.1) is 0 Å². The highest BCUT2D eigenvalue weighted by atomic mass is 79.9. The van der Waals surface area contributed by atoms with Crippen molar-refractivity contribution in [3.63, 3.8) is 0 Å². The van der Waals surface area contributed by atoms with Gasteiger partial charge in [0.2, 0.25) is 0 Å². The standard InChI is InChI=1S/C17H22BrNO2/c1-3-10-19-11-14(12-20-2)21-16-9-8-13-6-4-5-7-15(13)17(16)18/h4-9,14,19H,3,10-12H2,1-2H3. The van der Waals surface area contributed by atoms with E-state index in [2.05, 4.69) is 46.4 Å². The van der Waals surface area contributed by atoms with Gasteiger partial charge in [0.15, 0.2) is 0 Å². The molecule has 1 atom stereocenters. The molecule has 0 amide bonds. The Morgan fingerprint density at radius 1 is 1.19 bits per heavy atom. The van der Waals surface area contributed by atoms with Gasteiger partial charge in [0.25, 0.3) is 0 Å². The van der Waals surface area contributed by atoms with E-state index in [4.69, 9.17) is 9.47 Å². The molecule has 0 fully saturated rings. The summed E-state index contributed by atoms with van der Waals surface area (Å²) in [6, 6.07) is 12.4. The van der Waals surface area contributed by atoms with Crippen LogP contribution in [0.3, 0.4) is 0 Å². The van der Waals surface area contributed by atoms with Crippen molar-refractivity contribution in [2.75, 3.05) is 26.8 Å². The van der Waals surface area contributed by atoms with Crippen molar-refractivity contribution < 1.29 is 9.47 Å². The highest BCUT2D eigenvalue weighted by Gasteiger charge is 2.13. The first-order valence-electron chi connectivity index (χ1n) is 7.29. The topological polar surface area (TPSA) is 30.5 Å². The largest absolute Gasteiger partial charge is 0.485 e. The normalized spacial score (nSPS) is 12.5. The first kappa shape index (κ1) is 16.3. The van der Waals surface area contributed by atoms with Crippen molar-refractivity contribution in [1.29, 1.82) is 0 Å². The summed E-state index contributed by atoms with van der Waals surface area (Å²) in [6.07, 6.45) is 1.11. The summed E-state index contributed by atoms with van der Waals surface area (Å²) >= 11 is 3.66. The molecule has 1 N–H and O–H groups in total. The molecule has 114 valence electrons. The van der Waals surface area contributed by atoms with Crippen molar-refractivity contribution in [3.8, 4) is 5.75 Å². The van der Waals surface area contributed by atoms with E-state index in [1.807, 2.05) is 18.2 Å². The highest BCUT2D eigenvalue weighted by Crippen LogP contribution is 2.33. The molecule has 2 aromatic rings. The number of hydrogen-bond donors (Lipinski definition) is 1. The number of nitrogens with one attached hydrogen (secondary N) is 1. The highest BCUT2D eigenvalue weighted by molar-refractivity contribution is 9.10. The van der Waals surface area contributed by atoms with Crippen LogP contribution in [0.15, 0.2) is 40.9 Å². The Morgan fingerprint density at radius 3 is 2.76 bits per heavy atom. The molecule has 0 saturated carbocycles. The molecule has 2 aromatic carbocycles. The lowest BCUT2D eigenvalue weighted by Crippen LogP contribution is -2.35. The second kappa shape index (κ2) is 8.37. The Morgan fingerprint density at radius 2 is 2.00 bits per heavy atom. The minimum atomic E-state index is -0.000915. The number of hydrogen-bond acceptors (Lipinski definition) is 3. The van der Waals surface area contributed by atoms with Gasteiger partial charge in [-0.1, -0.05) is 37.3 Å². The van der Waals surface area contributed by atoms with E-state index in [0.717, 1.165) is 35.1 Å². The second-order valence-corrected chi connectivity index (χ2v) is 5.79. The smallest absolute Gasteiger partial charge is 0.134 e. The van der Waals surface area contributed by atoms with Gasteiger partial charge in [-0.15, -0.1) is 0 Å². The molecule has 4 heteroatoms. The zero-order chi connectivity index (χ0) is 15.1. The van der Waals surface area contributed by atoms with Gasteiger partial charge < -0.3 is 14.8 Å². The first-order valence-corrected chi connectivity index (χ1v) is 8.09. The number of fused-ring (bicyclic) bond motifs is 1. The zero-order valence-electron chi connectivity index (χ0n) is 12.6. The molecule has 0 spiro atoms. The van der Waals surface area contributed by atoms with Crippen LogP contribution in [0.5, 0.6) is 5.75 Å². The fourth-order valence-electron chi connectivity index (χ4n) is 2.24. The van der Waals surface area contributed by atoms with Crippen LogP contribution < -0.4 is 10.1 Å². The second-order valence-electron chi connectivity index (χ2n) is 5.00. The van der Waals surface area contributed by atoms with Gasteiger partial charge in [-0.25, -0.2) is 0 Å². The monoisotopic (exact) mass is 351 g/mol. The first-order chi connectivity index (χ1) is 10.3. The van der Waals surface area contributed by atoms with Crippen molar-refractivity contribution in [3.05, 3.63) is 40.9 Å². The summed E-state index contributed by atoms with van der Waals surface area (Å²) in [5.41, 5.74) is 0. The van der Waals surface area contributed by atoms with Crippen LogP contribution >= 0.6 is 15.9 Å². The Kier molecular flexibility index (Phi) is 6.49. The molecule has 0 aliphatic rings. The van der Waals surface area contributed by atoms with Crippen molar-refractivity contribution in [2.24, 2.45) is 0 Å². The third kappa shape index (κ3) is 4.43. The molecule has 0 bridgehead atoms. The maximum Gasteiger partial charge on any atom is 0.134 e. The van der Waals surface area contributed by atoms with E-state index in [1.165, 1.54) is 5.39 Å². The minimum absolute atomic E-state index is 0.000915. The molecule has 0 aliphatic heterocycles. The van der Waals surface area contributed by atoms with Crippen LogP contribution in [0.2, 0.25) is 0 Å². The van der Waals surface area contributed by atoms with Gasteiger partial charge in [-0.2, -0.15) is 0 Å². The van der Waals surface area contributed by atoms with Crippen LogP contribution in [0.4, 0.5) is 0 Å². The van der Waals surface area contributed by atoms with Gasteiger partial charge in [0.1, 0.15) is 11.9 Å². The molecular formula is C17H22BrNO2. The average Bonchev–Trinajstić information content (AvgIpc) is 2.50. The van der Waals surface area contributed by atoms with Crippen molar-refractivity contribution in [1.82, 2.24) is 5.32 Å². The van der Waals surface area contributed by atoms with Gasteiger partial charge in [0.05, 0.1) is 11.1 Å². The van der Waals surface area contributed by atoms with Crippen LogP contribution in [0.1, 0.15) is 13.3 Å². The summed E-state index contributed by atoms with van der Waals surface area (Å²) in [6.45, 7) is 4.48. The predicted octanol–water partition coefficient (Wildman–Crippen LogP) is 4.00. The van der Waals surface area contributed by atoms with E-state index >= 15 is 0 Å². The molecule has 21 heavy (non-hydrogen) atoms. The molecule has 0 saturated heterocycles. The average molecular weight is 352 g/mol. The lowest BCUT2D eigenvalue weighted by molar-refractivity contribution is 0.0803. The summed E-state index contributed by atoms with van der Waals surface area (Å²) < 4.78 is 12.4. The van der Waals surface area contributed by atoms with Crippen LogP contribution in [-0.2, 0) is 4.74 Å². The van der Waals surface area contributed by atoms with Crippen molar-refractivity contribution >= 4 is 26.7 Å². The molecule has 0 heterocycles. The molecule has 0 aromatic heterocycles. The molecule has 1 unspecified atom stereocenters. The van der Waals surface area contributed by atoms with Crippen LogP contribution in [0.25, 0.3) is 10.8 Å². The maximum atomic E-state index is 6.11. The summed E-state index contributed by atoms with van der Waals surface area (Å²) in [5, 5.41) is 5.73. The van der Waals surface area contributed by atoms with Crippen LogP contribution in [-0.4, -0.2) is 32.9 Å². The number of benzene rings is 2. The van der Waals surface area contributed by atoms with Gasteiger partial charge in [-0.05, 0) is 45.7 Å². The summed E-state index contributed by atoms with van der Waals surface area (Å²) in [5.74, 6) is 0.856. The molecule has 2 rings (SSSR count). The SMILES string of the molecule is CCCNCC(COC)Oc1ccc2ccccc2c1Br. The lowest BCUT2D eigenvalue weighted by Gasteiger charge is -2.20. The van der Waals surface area contributed by atoms with Crippen molar-refractivity contribution in [2.45, 2.75) is 19.4 Å². The Labute approximate surface area is 134 Å². The maximum absolute atomic E-state index is 6.11. The molecule has 0 aliphatic carbocycles. The third-order valence-electron chi connectivity index (χ3n) is 3.27.